The Morgan fingerprint density at radius 3 is 2.41 bits per heavy atom. The number of aromatic nitrogens is 2. The number of thiophene rings is 1. The van der Waals surface area contributed by atoms with Crippen LogP contribution in [0.15, 0.2) is 69.9 Å². The third kappa shape index (κ3) is 7.20. The van der Waals surface area contributed by atoms with E-state index < -0.39 is 16.0 Å². The lowest BCUT2D eigenvalue weighted by atomic mass is 10.0. The molecule has 41 heavy (non-hydrogen) atoms. The van der Waals surface area contributed by atoms with E-state index in [4.69, 9.17) is 4.74 Å². The Labute approximate surface area is 244 Å². The second kappa shape index (κ2) is 13.6. The van der Waals surface area contributed by atoms with Crippen LogP contribution < -0.4 is 20.7 Å². The minimum absolute atomic E-state index is 0. The highest BCUT2D eigenvalue weighted by atomic mass is 32.2. The minimum atomic E-state index is -4.12. The molecule has 0 amide bonds. The van der Waals surface area contributed by atoms with E-state index in [2.05, 4.69) is 28.5 Å². The molecule has 0 aliphatic heterocycles. The smallest absolute Gasteiger partial charge is 0.272 e. The highest BCUT2D eigenvalue weighted by Crippen LogP contribution is 2.36. The number of aldehydes is 1. The zero-order valence-electron chi connectivity index (χ0n) is 23.7. The SMILES string of the molecule is CCN=C([O-])NS(=O)(=O)c1sc(CC(C)C)cc1-c1ccc(Cn2c(-c3ccccc3)nc(OC)c2C=O)cc1.[NH4+]. The average Bonchev–Trinajstić information content (AvgIpc) is 3.51. The van der Waals surface area contributed by atoms with Crippen molar-refractivity contribution in [3.63, 3.8) is 0 Å². The molecule has 5 N–H and O–H groups in total. The van der Waals surface area contributed by atoms with Crippen molar-refractivity contribution in [1.82, 2.24) is 20.4 Å². The number of nitrogens with one attached hydrogen (secondary N) is 1. The number of carbonyl (C=O) groups is 1. The van der Waals surface area contributed by atoms with Gasteiger partial charge < -0.3 is 20.6 Å². The molecule has 4 rings (SSSR count). The third-order valence-electron chi connectivity index (χ3n) is 6.04. The number of quaternary nitrogens is 1. The molecule has 2 aromatic heterocycles. The molecule has 0 saturated carbocycles. The Morgan fingerprint density at radius 2 is 1.83 bits per heavy atom. The number of aliphatic imine (C=N–C) groups is 1. The lowest BCUT2D eigenvalue weighted by molar-refractivity contribution is -0.219. The predicted octanol–water partition coefficient (Wildman–Crippen LogP) is 4.74. The molecule has 0 aliphatic rings. The van der Waals surface area contributed by atoms with Gasteiger partial charge in [-0.1, -0.05) is 68.4 Å². The molecule has 218 valence electrons. The van der Waals surface area contributed by atoms with Crippen LogP contribution in [0, 0.1) is 5.92 Å². The van der Waals surface area contributed by atoms with Crippen molar-refractivity contribution >= 4 is 33.7 Å². The Bertz CT molecular complexity index is 1610. The lowest BCUT2D eigenvalue weighted by Crippen LogP contribution is -2.39. The van der Waals surface area contributed by atoms with Crippen LogP contribution in [0.5, 0.6) is 5.88 Å². The summed E-state index contributed by atoms with van der Waals surface area (Å²) >= 11 is 1.16. The lowest BCUT2D eigenvalue weighted by Gasteiger charge is -2.14. The maximum atomic E-state index is 13.2. The number of sulfonamides is 1. The maximum Gasteiger partial charge on any atom is 0.272 e. The maximum absolute atomic E-state index is 13.2. The number of nitrogens with zero attached hydrogens (tertiary/aromatic N) is 3. The van der Waals surface area contributed by atoms with E-state index in [0.29, 0.717) is 41.5 Å². The summed E-state index contributed by atoms with van der Waals surface area (Å²) in [4.78, 5) is 21.0. The molecule has 0 fully saturated rings. The van der Waals surface area contributed by atoms with Crippen LogP contribution in [0.1, 0.15) is 41.7 Å². The number of imidazole rings is 1. The summed E-state index contributed by atoms with van der Waals surface area (Å²) in [7, 11) is -2.65. The van der Waals surface area contributed by atoms with Gasteiger partial charge in [0.15, 0.2) is 6.29 Å². The van der Waals surface area contributed by atoms with Crippen molar-refractivity contribution in [1.29, 1.82) is 0 Å². The first-order valence-corrected chi connectivity index (χ1v) is 15.1. The van der Waals surface area contributed by atoms with Gasteiger partial charge in [0.2, 0.25) is 5.88 Å². The van der Waals surface area contributed by atoms with Crippen molar-refractivity contribution in [3.05, 3.63) is 76.8 Å². The summed E-state index contributed by atoms with van der Waals surface area (Å²) in [5.41, 5.74) is 3.25. The van der Waals surface area contributed by atoms with Gasteiger partial charge in [0.05, 0.1) is 13.1 Å². The molecule has 4 aromatic rings. The number of amidine groups is 1. The fraction of sp³-hybridized carbons (Fsp3) is 0.276. The molecule has 10 nitrogen and oxygen atoms in total. The topological polar surface area (TPSA) is 162 Å². The number of methoxy groups -OCH3 is 1. The van der Waals surface area contributed by atoms with Gasteiger partial charge in [0.25, 0.3) is 10.0 Å². The van der Waals surface area contributed by atoms with Crippen molar-refractivity contribution in [2.24, 2.45) is 10.9 Å². The first-order valence-electron chi connectivity index (χ1n) is 12.8. The third-order valence-corrected chi connectivity index (χ3v) is 9.05. The molecule has 0 radical (unpaired) electrons. The highest BCUT2D eigenvalue weighted by Gasteiger charge is 2.24. The van der Waals surface area contributed by atoms with Crippen molar-refractivity contribution < 1.29 is 23.1 Å². The van der Waals surface area contributed by atoms with Gasteiger partial charge in [0.1, 0.15) is 15.7 Å². The van der Waals surface area contributed by atoms with Crippen molar-refractivity contribution in [2.75, 3.05) is 13.7 Å². The predicted molar refractivity (Wildman–Crippen MR) is 161 cm³/mol. The van der Waals surface area contributed by atoms with E-state index in [-0.39, 0.29) is 22.8 Å². The molecular weight excluding hydrogens is 562 g/mol. The van der Waals surface area contributed by atoms with Gasteiger partial charge in [-0.25, -0.2) is 8.42 Å². The molecule has 0 unspecified atom stereocenters. The Kier molecular flexibility index (Phi) is 10.4. The van der Waals surface area contributed by atoms with E-state index in [0.717, 1.165) is 33.6 Å². The second-order valence-corrected chi connectivity index (χ2v) is 12.5. The van der Waals surface area contributed by atoms with Crippen LogP contribution in [-0.4, -0.2) is 43.9 Å². The van der Waals surface area contributed by atoms with E-state index in [1.807, 2.05) is 60.7 Å². The molecule has 0 spiro atoms. The van der Waals surface area contributed by atoms with E-state index in [1.165, 1.54) is 7.11 Å². The van der Waals surface area contributed by atoms with Crippen LogP contribution in [0.3, 0.4) is 0 Å². The number of carbonyl (C=O) groups excluding carboxylic acids is 1. The summed E-state index contributed by atoms with van der Waals surface area (Å²) in [6.45, 7) is 6.31. The van der Waals surface area contributed by atoms with Gasteiger partial charge in [-0.15, -0.1) is 11.3 Å². The number of hydrogen-bond donors (Lipinski definition) is 2. The fourth-order valence-electron chi connectivity index (χ4n) is 4.31. The summed E-state index contributed by atoms with van der Waals surface area (Å²) in [6.07, 6.45) is 1.43. The number of ether oxygens (including phenoxy) is 1. The zero-order chi connectivity index (χ0) is 28.9. The van der Waals surface area contributed by atoms with Gasteiger partial charge in [-0.3, -0.25) is 14.5 Å². The quantitative estimate of drug-likeness (QED) is 0.144. The van der Waals surface area contributed by atoms with Crippen LogP contribution in [0.25, 0.3) is 22.5 Å². The van der Waals surface area contributed by atoms with Gasteiger partial charge in [-0.05, 0) is 36.5 Å². The molecule has 12 heteroatoms. The largest absolute Gasteiger partial charge is 0.846 e. The van der Waals surface area contributed by atoms with E-state index in [1.54, 1.807) is 11.5 Å². The van der Waals surface area contributed by atoms with Crippen molar-refractivity contribution in [3.8, 4) is 28.4 Å². The Morgan fingerprint density at radius 1 is 1.15 bits per heavy atom. The number of hydrogen-bond acceptors (Lipinski definition) is 8. The van der Waals surface area contributed by atoms with Gasteiger partial charge in [-0.2, -0.15) is 4.98 Å². The standard InChI is InChI=1S/C29H32N4O5S2.H3N/c1-5-30-29(35)32-40(36,37)28-24(16-23(39-28)15-19(2)3)21-13-11-20(12-14-21)17-33-25(18-34)27(38-4)31-26(33)22-9-7-6-8-10-22;/h6-14,16,18-19H,5,15,17H2,1-4H3,(H2,30,32,35);1H3. The van der Waals surface area contributed by atoms with Crippen LogP contribution in [-0.2, 0) is 23.0 Å². The van der Waals surface area contributed by atoms with Crippen molar-refractivity contribution in [2.45, 2.75) is 37.9 Å². The fourth-order valence-corrected chi connectivity index (χ4v) is 7.17. The number of benzene rings is 2. The normalized spacial score (nSPS) is 11.8. The highest BCUT2D eigenvalue weighted by molar-refractivity contribution is 7.92. The molecule has 0 atom stereocenters. The first-order chi connectivity index (χ1) is 19.2. The molecular formula is C29H35N5O5S2. The minimum Gasteiger partial charge on any atom is -0.846 e. The Balaban J connectivity index is 0.00000462. The first kappa shape index (κ1) is 31.5. The summed E-state index contributed by atoms with van der Waals surface area (Å²) in [5.74, 6) is 1.17. The molecule has 0 aliphatic carbocycles. The second-order valence-electron chi connectivity index (χ2n) is 9.49. The summed E-state index contributed by atoms with van der Waals surface area (Å²) in [5, 5.41) is 12.0. The van der Waals surface area contributed by atoms with Crippen LogP contribution >= 0.6 is 11.3 Å². The number of rotatable bonds is 11. The van der Waals surface area contributed by atoms with Crippen LogP contribution in [0.4, 0.5) is 0 Å². The summed E-state index contributed by atoms with van der Waals surface area (Å²) < 4.78 is 35.6. The molecule has 0 bridgehead atoms. The average molecular weight is 598 g/mol. The Hall–Kier alpha value is -4.00. The molecule has 0 saturated heterocycles. The molecule has 2 aromatic carbocycles. The van der Waals surface area contributed by atoms with Crippen LogP contribution in [0.2, 0.25) is 0 Å². The van der Waals surface area contributed by atoms with E-state index in [9.17, 15) is 18.3 Å². The molecule has 2 heterocycles. The monoisotopic (exact) mass is 597 g/mol. The van der Waals surface area contributed by atoms with Gasteiger partial charge in [0, 0.05) is 29.1 Å². The summed E-state index contributed by atoms with van der Waals surface area (Å²) in [6, 6.07) is 17.9. The van der Waals surface area contributed by atoms with E-state index >= 15 is 0 Å². The zero-order valence-corrected chi connectivity index (χ0v) is 25.4. The van der Waals surface area contributed by atoms with Gasteiger partial charge >= 0.3 is 0 Å².